The summed E-state index contributed by atoms with van der Waals surface area (Å²) in [5.74, 6) is -2.09. The first-order chi connectivity index (χ1) is 23.2. The van der Waals surface area contributed by atoms with Crippen molar-refractivity contribution in [3.8, 4) is 5.75 Å². The van der Waals surface area contributed by atoms with Crippen molar-refractivity contribution in [3.05, 3.63) is 102 Å². The van der Waals surface area contributed by atoms with Crippen molar-refractivity contribution in [3.63, 3.8) is 0 Å². The average molecular weight is 694 g/mol. The topological polar surface area (TPSA) is 162 Å². The Morgan fingerprint density at radius 1 is 0.755 bits per heavy atom. The highest BCUT2D eigenvalue weighted by atomic mass is 35.5. The maximum absolute atomic E-state index is 13.7. The van der Waals surface area contributed by atoms with Crippen LogP contribution in [-0.4, -0.2) is 60.2 Å². The van der Waals surface area contributed by atoms with E-state index in [9.17, 15) is 24.0 Å². The van der Waals surface area contributed by atoms with Crippen molar-refractivity contribution >= 4 is 53.2 Å². The maximum Gasteiger partial charge on any atom is 0.408 e. The lowest BCUT2D eigenvalue weighted by Gasteiger charge is -2.22. The fourth-order valence-corrected chi connectivity index (χ4v) is 4.92. The summed E-state index contributed by atoms with van der Waals surface area (Å²) in [5.41, 5.74) is 2.89. The first-order valence-corrected chi connectivity index (χ1v) is 15.7. The number of benzene rings is 3. The quantitative estimate of drug-likeness (QED) is 0.0836. The van der Waals surface area contributed by atoms with E-state index in [-0.39, 0.29) is 57.9 Å². The van der Waals surface area contributed by atoms with Crippen LogP contribution in [0.5, 0.6) is 5.75 Å². The van der Waals surface area contributed by atoms with Crippen LogP contribution in [0.1, 0.15) is 43.4 Å². The van der Waals surface area contributed by atoms with E-state index in [1.165, 1.54) is 0 Å². The molecule has 0 saturated heterocycles. The maximum atomic E-state index is 13.7. The normalized spacial score (nSPS) is 11.7. The highest BCUT2D eigenvalue weighted by molar-refractivity contribution is 5.92. The van der Waals surface area contributed by atoms with Crippen LogP contribution in [0.25, 0.3) is 10.9 Å². The van der Waals surface area contributed by atoms with Gasteiger partial charge in [0.25, 0.3) is 0 Å². The molecule has 0 spiro atoms. The van der Waals surface area contributed by atoms with Gasteiger partial charge in [0.15, 0.2) is 0 Å². The van der Waals surface area contributed by atoms with E-state index >= 15 is 0 Å². The summed E-state index contributed by atoms with van der Waals surface area (Å²) in [5, 5.41) is 5.89. The molecule has 0 radical (unpaired) electrons. The number of H-pyrrole nitrogens is 1. The standard InChI is InChI=1S/C36H39N3O9.ClH/c1-3-45-32(40)18-17-30(35(43)46-4-2)38-34(42)31(39-36(44)47-23-25-13-9-6-10-14-25)20-26-22-37-29-16-15-27(21-28(26)29)48-33(41)19-24-11-7-5-8-12-24;/h5-16,21-22,30-31,37H,3-4,17-20,23H2,1-2H3,(H,38,42)(H,39,44);1H/t30-,31-;/m0./s1. The Morgan fingerprint density at radius 3 is 2.10 bits per heavy atom. The number of hydrogen-bond donors (Lipinski definition) is 3. The van der Waals surface area contributed by atoms with E-state index in [0.717, 1.165) is 11.1 Å². The number of fused-ring (bicyclic) bond motifs is 1. The average Bonchev–Trinajstić information content (AvgIpc) is 3.48. The molecule has 2 amide bonds. The molecule has 1 aromatic heterocycles. The molecule has 13 heteroatoms. The van der Waals surface area contributed by atoms with Gasteiger partial charge in [0.2, 0.25) is 5.91 Å². The Morgan fingerprint density at radius 2 is 1.43 bits per heavy atom. The predicted octanol–water partition coefficient (Wildman–Crippen LogP) is 4.97. The van der Waals surface area contributed by atoms with Crippen LogP contribution in [0.15, 0.2) is 85.1 Å². The minimum Gasteiger partial charge on any atom is -0.466 e. The lowest BCUT2D eigenvalue weighted by molar-refractivity contribution is -0.149. The third kappa shape index (κ3) is 12.0. The Kier molecular flexibility index (Phi) is 15.1. The van der Waals surface area contributed by atoms with Crippen molar-refractivity contribution in [1.29, 1.82) is 0 Å². The summed E-state index contributed by atoms with van der Waals surface area (Å²) in [4.78, 5) is 67.1. The Hall–Kier alpha value is -5.36. The van der Waals surface area contributed by atoms with Gasteiger partial charge in [-0.1, -0.05) is 60.7 Å². The highest BCUT2D eigenvalue weighted by Crippen LogP contribution is 2.25. The molecule has 1 heterocycles. The van der Waals surface area contributed by atoms with Gasteiger partial charge in [-0.15, -0.1) is 12.4 Å². The molecule has 12 nitrogen and oxygen atoms in total. The van der Waals surface area contributed by atoms with E-state index in [1.807, 2.05) is 48.5 Å². The number of amides is 2. The zero-order valence-corrected chi connectivity index (χ0v) is 28.1. The second-order valence-corrected chi connectivity index (χ2v) is 10.8. The number of rotatable bonds is 16. The largest absolute Gasteiger partial charge is 0.466 e. The van der Waals surface area contributed by atoms with Gasteiger partial charge >= 0.3 is 24.0 Å². The molecule has 260 valence electrons. The van der Waals surface area contributed by atoms with Gasteiger partial charge in [-0.25, -0.2) is 9.59 Å². The number of carbonyl (C=O) groups is 5. The summed E-state index contributed by atoms with van der Waals surface area (Å²) in [6, 6.07) is 20.9. The number of halogens is 1. The van der Waals surface area contributed by atoms with Crippen LogP contribution in [0, 0.1) is 0 Å². The van der Waals surface area contributed by atoms with Crippen molar-refractivity contribution in [1.82, 2.24) is 15.6 Å². The van der Waals surface area contributed by atoms with Crippen LogP contribution in [0.2, 0.25) is 0 Å². The minimum atomic E-state index is -1.21. The Bertz CT molecular complexity index is 1700. The number of alkyl carbamates (subject to hydrolysis) is 1. The van der Waals surface area contributed by atoms with Crippen molar-refractivity contribution in [2.45, 2.75) is 58.2 Å². The molecular formula is C36H40ClN3O9. The minimum absolute atomic E-state index is 0. The van der Waals surface area contributed by atoms with Crippen LogP contribution in [0.3, 0.4) is 0 Å². The van der Waals surface area contributed by atoms with Gasteiger partial charge in [0, 0.05) is 29.9 Å². The zero-order valence-electron chi connectivity index (χ0n) is 27.3. The lowest BCUT2D eigenvalue weighted by atomic mass is 10.0. The number of esters is 3. The van der Waals surface area contributed by atoms with Crippen LogP contribution >= 0.6 is 12.4 Å². The molecule has 3 N–H and O–H groups in total. The molecule has 0 fully saturated rings. The molecule has 4 aromatic rings. The molecule has 0 bridgehead atoms. The van der Waals surface area contributed by atoms with E-state index in [0.29, 0.717) is 22.2 Å². The molecule has 3 aromatic carbocycles. The molecule has 2 atom stereocenters. The predicted molar refractivity (Wildman–Crippen MR) is 183 cm³/mol. The van der Waals surface area contributed by atoms with E-state index in [2.05, 4.69) is 15.6 Å². The Balaban J connectivity index is 0.00000650. The third-order valence-corrected chi connectivity index (χ3v) is 7.24. The van der Waals surface area contributed by atoms with Gasteiger partial charge < -0.3 is 34.6 Å². The molecule has 0 aliphatic heterocycles. The summed E-state index contributed by atoms with van der Waals surface area (Å²) in [7, 11) is 0. The zero-order chi connectivity index (χ0) is 34.3. The molecular weight excluding hydrogens is 654 g/mol. The Labute approximate surface area is 290 Å². The van der Waals surface area contributed by atoms with Crippen LogP contribution in [0.4, 0.5) is 4.79 Å². The van der Waals surface area contributed by atoms with Crippen molar-refractivity contribution in [2.24, 2.45) is 0 Å². The van der Waals surface area contributed by atoms with Gasteiger partial charge in [0.1, 0.15) is 24.4 Å². The number of carbonyl (C=O) groups excluding carboxylic acids is 5. The fourth-order valence-electron chi connectivity index (χ4n) is 4.92. The van der Waals surface area contributed by atoms with E-state index in [4.69, 9.17) is 18.9 Å². The number of aromatic amines is 1. The second-order valence-electron chi connectivity index (χ2n) is 10.8. The first kappa shape index (κ1) is 38.1. The third-order valence-electron chi connectivity index (χ3n) is 7.24. The second kappa shape index (κ2) is 19.5. The van der Waals surface area contributed by atoms with E-state index in [1.54, 1.807) is 50.4 Å². The fraction of sp³-hybridized carbons (Fsp3) is 0.306. The van der Waals surface area contributed by atoms with Gasteiger partial charge in [-0.3, -0.25) is 14.4 Å². The number of ether oxygens (including phenoxy) is 4. The highest BCUT2D eigenvalue weighted by Gasteiger charge is 2.29. The summed E-state index contributed by atoms with van der Waals surface area (Å²) in [6.45, 7) is 3.49. The first-order valence-electron chi connectivity index (χ1n) is 15.7. The molecule has 49 heavy (non-hydrogen) atoms. The van der Waals surface area contributed by atoms with Gasteiger partial charge in [-0.2, -0.15) is 0 Å². The smallest absolute Gasteiger partial charge is 0.408 e. The van der Waals surface area contributed by atoms with Crippen LogP contribution < -0.4 is 15.4 Å². The van der Waals surface area contributed by atoms with Crippen molar-refractivity contribution in [2.75, 3.05) is 13.2 Å². The summed E-state index contributed by atoms with van der Waals surface area (Å²) in [6.07, 6.45) is 0.687. The number of aromatic nitrogens is 1. The van der Waals surface area contributed by atoms with Crippen LogP contribution in [-0.2, 0) is 52.8 Å². The van der Waals surface area contributed by atoms with E-state index < -0.39 is 42.0 Å². The number of nitrogens with one attached hydrogen (secondary N) is 3. The SMILES string of the molecule is CCOC(=O)CC[C@H](NC(=O)[C@H](Cc1c[nH]c2ccc(OC(=O)Cc3ccccc3)cc12)NC(=O)OCc1ccccc1)C(=O)OCC.Cl. The van der Waals surface area contributed by atoms with Gasteiger partial charge in [-0.05, 0) is 55.2 Å². The monoisotopic (exact) mass is 693 g/mol. The number of hydrogen-bond acceptors (Lipinski definition) is 9. The molecule has 0 unspecified atom stereocenters. The van der Waals surface area contributed by atoms with Crippen molar-refractivity contribution < 1.29 is 42.9 Å². The molecule has 4 rings (SSSR count). The van der Waals surface area contributed by atoms with Gasteiger partial charge in [0.05, 0.1) is 19.6 Å². The summed E-state index contributed by atoms with van der Waals surface area (Å²) < 4.78 is 21.1. The summed E-state index contributed by atoms with van der Waals surface area (Å²) >= 11 is 0. The molecule has 0 aliphatic rings. The lowest BCUT2D eigenvalue weighted by Crippen LogP contribution is -2.53. The molecule has 0 saturated carbocycles. The molecule has 0 aliphatic carbocycles.